The van der Waals surface area contributed by atoms with Gasteiger partial charge < -0.3 is 5.32 Å². The van der Waals surface area contributed by atoms with Crippen molar-refractivity contribution in [3.63, 3.8) is 0 Å². The van der Waals surface area contributed by atoms with E-state index in [9.17, 15) is 0 Å². The molecule has 0 radical (unpaired) electrons. The van der Waals surface area contributed by atoms with E-state index in [-0.39, 0.29) is 0 Å². The average Bonchev–Trinajstić information content (AvgIpc) is 2.69. The number of hydrogen-bond acceptors (Lipinski definition) is 2. The largest absolute Gasteiger partial charge is 0.308 e. The molecule has 1 heterocycles. The second kappa shape index (κ2) is 5.44. The summed E-state index contributed by atoms with van der Waals surface area (Å²) in [7, 11) is 0. The van der Waals surface area contributed by atoms with Crippen LogP contribution in [0.25, 0.3) is 0 Å². The van der Waals surface area contributed by atoms with Crippen LogP contribution in [0.5, 0.6) is 0 Å². The summed E-state index contributed by atoms with van der Waals surface area (Å²) in [6, 6.07) is 6.79. The number of hydrogen-bond donors (Lipinski definition) is 1. The van der Waals surface area contributed by atoms with Crippen molar-refractivity contribution in [1.29, 1.82) is 0 Å². The van der Waals surface area contributed by atoms with Crippen molar-refractivity contribution in [2.45, 2.75) is 45.7 Å². The monoisotopic (exact) mass is 218 g/mol. The number of aromatic nitrogens is 1. The predicted octanol–water partition coefficient (Wildman–Crippen LogP) is 3.00. The van der Waals surface area contributed by atoms with E-state index >= 15 is 0 Å². The molecule has 2 nitrogen and oxygen atoms in total. The van der Waals surface area contributed by atoms with Crippen molar-refractivity contribution in [2.75, 3.05) is 0 Å². The van der Waals surface area contributed by atoms with Gasteiger partial charge >= 0.3 is 0 Å². The summed E-state index contributed by atoms with van der Waals surface area (Å²) in [5.41, 5.74) is 1.15. The summed E-state index contributed by atoms with van der Waals surface area (Å²) in [6.45, 7) is 5.60. The first-order chi connectivity index (χ1) is 7.81. The molecule has 0 amide bonds. The summed E-state index contributed by atoms with van der Waals surface area (Å²) < 4.78 is 0. The molecule has 2 heteroatoms. The average molecular weight is 218 g/mol. The van der Waals surface area contributed by atoms with E-state index in [1.165, 1.54) is 19.3 Å². The second-order valence-corrected chi connectivity index (χ2v) is 4.91. The quantitative estimate of drug-likeness (QED) is 0.840. The molecule has 1 saturated carbocycles. The van der Waals surface area contributed by atoms with E-state index in [0.29, 0.717) is 6.04 Å². The van der Waals surface area contributed by atoms with Gasteiger partial charge in [0.25, 0.3) is 0 Å². The molecule has 0 saturated heterocycles. The maximum atomic E-state index is 4.34. The summed E-state index contributed by atoms with van der Waals surface area (Å²) in [5, 5.41) is 3.65. The predicted molar refractivity (Wildman–Crippen MR) is 67.0 cm³/mol. The van der Waals surface area contributed by atoms with Gasteiger partial charge in [0.2, 0.25) is 0 Å². The maximum Gasteiger partial charge on any atom is 0.0541 e. The Labute approximate surface area is 98.5 Å². The lowest BCUT2D eigenvalue weighted by molar-refractivity contribution is 0.343. The first-order valence-electron chi connectivity index (χ1n) is 6.44. The fourth-order valence-electron chi connectivity index (χ4n) is 2.85. The van der Waals surface area contributed by atoms with Gasteiger partial charge in [-0.05, 0) is 36.8 Å². The van der Waals surface area contributed by atoms with Gasteiger partial charge in [-0.3, -0.25) is 4.98 Å². The number of nitrogens with one attached hydrogen (secondary N) is 1. The molecule has 3 unspecified atom stereocenters. The van der Waals surface area contributed by atoms with Crippen LogP contribution in [-0.4, -0.2) is 11.0 Å². The van der Waals surface area contributed by atoms with Gasteiger partial charge in [-0.2, -0.15) is 0 Å². The first-order valence-corrected chi connectivity index (χ1v) is 6.44. The minimum Gasteiger partial charge on any atom is -0.308 e. The van der Waals surface area contributed by atoms with Crippen molar-refractivity contribution in [2.24, 2.45) is 11.8 Å². The van der Waals surface area contributed by atoms with E-state index in [2.05, 4.69) is 36.3 Å². The third-order valence-electron chi connectivity index (χ3n) is 4.02. The van der Waals surface area contributed by atoms with Crippen LogP contribution < -0.4 is 5.32 Å². The summed E-state index contributed by atoms with van der Waals surface area (Å²) in [6.07, 6.45) is 5.90. The number of pyridine rings is 1. The molecule has 1 aromatic heterocycles. The van der Waals surface area contributed by atoms with Gasteiger partial charge in [-0.25, -0.2) is 0 Å². The smallest absolute Gasteiger partial charge is 0.0541 e. The second-order valence-electron chi connectivity index (χ2n) is 4.91. The first kappa shape index (κ1) is 11.6. The Morgan fingerprint density at radius 2 is 2.25 bits per heavy atom. The highest BCUT2D eigenvalue weighted by atomic mass is 14.9. The third-order valence-corrected chi connectivity index (χ3v) is 4.02. The zero-order chi connectivity index (χ0) is 11.4. The minimum atomic E-state index is 0.687. The minimum absolute atomic E-state index is 0.687. The maximum absolute atomic E-state index is 4.34. The molecule has 1 aliphatic rings. The van der Waals surface area contributed by atoms with Crippen molar-refractivity contribution in [3.05, 3.63) is 30.1 Å². The molecule has 1 aliphatic carbocycles. The summed E-state index contributed by atoms with van der Waals surface area (Å²) in [5.74, 6) is 1.73. The summed E-state index contributed by atoms with van der Waals surface area (Å²) in [4.78, 5) is 4.34. The lowest BCUT2D eigenvalue weighted by Crippen LogP contribution is -2.32. The highest BCUT2D eigenvalue weighted by molar-refractivity contribution is 5.03. The molecule has 1 N–H and O–H groups in total. The molecule has 1 aromatic rings. The molecular formula is C14H22N2. The Morgan fingerprint density at radius 3 is 2.88 bits per heavy atom. The molecule has 3 atom stereocenters. The lowest BCUT2D eigenvalue weighted by atomic mass is 9.93. The van der Waals surface area contributed by atoms with E-state index < -0.39 is 0 Å². The van der Waals surface area contributed by atoms with Crippen LogP contribution in [0.3, 0.4) is 0 Å². The SMILES string of the molecule is CCC1CCC(NCc2ccccn2)C1C. The van der Waals surface area contributed by atoms with Crippen LogP contribution in [0.1, 0.15) is 38.8 Å². The Bertz CT molecular complexity index is 310. The Hall–Kier alpha value is -0.890. The molecule has 1 fully saturated rings. The van der Waals surface area contributed by atoms with E-state index in [0.717, 1.165) is 24.1 Å². The van der Waals surface area contributed by atoms with Crippen molar-refractivity contribution in [3.8, 4) is 0 Å². The van der Waals surface area contributed by atoms with Gasteiger partial charge in [-0.15, -0.1) is 0 Å². The molecule has 0 bridgehead atoms. The van der Waals surface area contributed by atoms with Gasteiger partial charge in [0.05, 0.1) is 5.69 Å². The molecule has 2 rings (SSSR count). The Balaban J connectivity index is 1.83. The van der Waals surface area contributed by atoms with Gasteiger partial charge in [-0.1, -0.05) is 26.3 Å². The molecule has 88 valence electrons. The van der Waals surface area contributed by atoms with E-state index in [1.54, 1.807) is 0 Å². The van der Waals surface area contributed by atoms with Crippen molar-refractivity contribution in [1.82, 2.24) is 10.3 Å². The van der Waals surface area contributed by atoms with Crippen molar-refractivity contribution >= 4 is 0 Å². The van der Waals surface area contributed by atoms with Gasteiger partial charge in [0.15, 0.2) is 0 Å². The lowest BCUT2D eigenvalue weighted by Gasteiger charge is -2.20. The highest BCUT2D eigenvalue weighted by Gasteiger charge is 2.30. The Morgan fingerprint density at radius 1 is 1.38 bits per heavy atom. The topological polar surface area (TPSA) is 24.9 Å². The zero-order valence-electron chi connectivity index (χ0n) is 10.3. The molecule has 0 spiro atoms. The van der Waals surface area contributed by atoms with Crippen LogP contribution in [0.15, 0.2) is 24.4 Å². The van der Waals surface area contributed by atoms with E-state index in [4.69, 9.17) is 0 Å². The Kier molecular flexibility index (Phi) is 3.94. The molecule has 16 heavy (non-hydrogen) atoms. The number of rotatable bonds is 4. The van der Waals surface area contributed by atoms with Crippen LogP contribution in [0.2, 0.25) is 0 Å². The van der Waals surface area contributed by atoms with Crippen LogP contribution in [-0.2, 0) is 6.54 Å². The van der Waals surface area contributed by atoms with Crippen LogP contribution >= 0.6 is 0 Å². The third kappa shape index (κ3) is 2.62. The highest BCUT2D eigenvalue weighted by Crippen LogP contribution is 2.33. The standard InChI is InChI=1S/C14H22N2/c1-3-12-7-8-14(11(12)2)16-10-13-6-4-5-9-15-13/h4-6,9,11-12,14,16H,3,7-8,10H2,1-2H3. The number of nitrogens with zero attached hydrogens (tertiary/aromatic N) is 1. The fraction of sp³-hybridized carbons (Fsp3) is 0.643. The summed E-state index contributed by atoms with van der Waals surface area (Å²) >= 11 is 0. The van der Waals surface area contributed by atoms with Crippen LogP contribution in [0.4, 0.5) is 0 Å². The van der Waals surface area contributed by atoms with E-state index in [1.807, 2.05) is 12.3 Å². The molecule has 0 aliphatic heterocycles. The van der Waals surface area contributed by atoms with Crippen molar-refractivity contribution < 1.29 is 0 Å². The fourth-order valence-corrected chi connectivity index (χ4v) is 2.85. The van der Waals surface area contributed by atoms with Gasteiger partial charge in [0.1, 0.15) is 0 Å². The molecule has 0 aromatic carbocycles. The zero-order valence-corrected chi connectivity index (χ0v) is 10.3. The van der Waals surface area contributed by atoms with Crippen LogP contribution in [0, 0.1) is 11.8 Å². The molecular weight excluding hydrogens is 196 g/mol. The normalized spacial score (nSPS) is 29.5. The van der Waals surface area contributed by atoms with Gasteiger partial charge in [0, 0.05) is 18.8 Å².